The van der Waals surface area contributed by atoms with Crippen molar-refractivity contribution in [3.05, 3.63) is 29.6 Å². The summed E-state index contributed by atoms with van der Waals surface area (Å²) in [6.07, 6.45) is -0.0734. The zero-order chi connectivity index (χ0) is 15.9. The van der Waals surface area contributed by atoms with E-state index in [0.717, 1.165) is 0 Å². The number of fused-ring (bicyclic) bond motifs is 3. The average molecular weight is 305 g/mol. The monoisotopic (exact) mass is 305 g/mol. The normalized spacial score (nSPS) is 29.9. The molecule has 1 aromatic carbocycles. The molecule has 6 nitrogen and oxygen atoms in total. The van der Waals surface area contributed by atoms with Crippen LogP contribution in [-0.4, -0.2) is 23.6 Å². The first-order valence-corrected chi connectivity index (χ1v) is 6.81. The van der Waals surface area contributed by atoms with Crippen molar-refractivity contribution in [1.29, 1.82) is 0 Å². The maximum Gasteiger partial charge on any atom is 0.328 e. The van der Waals surface area contributed by atoms with Crippen LogP contribution in [0.5, 0.6) is 0 Å². The molecule has 1 atom stereocenters. The van der Waals surface area contributed by atoms with Gasteiger partial charge in [0.2, 0.25) is 5.91 Å². The number of carbonyl (C=O) groups excluding carboxylic acids is 3. The molecule has 2 fully saturated rings. The van der Waals surface area contributed by atoms with Crippen LogP contribution in [0.4, 0.5) is 10.1 Å². The van der Waals surface area contributed by atoms with Gasteiger partial charge in [0.05, 0.1) is 0 Å². The summed E-state index contributed by atoms with van der Waals surface area (Å²) in [5.41, 5.74) is -2.46. The highest BCUT2D eigenvalue weighted by molar-refractivity contribution is 6.22. The Balaban J connectivity index is 1.87. The van der Waals surface area contributed by atoms with Gasteiger partial charge in [-0.25, -0.2) is 4.39 Å². The minimum absolute atomic E-state index is 0.0734. The number of benzene rings is 1. The lowest BCUT2D eigenvalue weighted by atomic mass is 9.86. The number of nitrogens with one attached hydrogen (secondary N) is 1. The molecule has 1 amide bonds. The summed E-state index contributed by atoms with van der Waals surface area (Å²) in [6, 6.07) is 3.78. The molecular formula is C15H12FNO5. The van der Waals surface area contributed by atoms with E-state index in [1.165, 1.54) is 32.0 Å². The van der Waals surface area contributed by atoms with Gasteiger partial charge in [-0.2, -0.15) is 0 Å². The molecule has 2 spiro atoms. The topological polar surface area (TPSA) is 81.7 Å². The molecule has 0 radical (unpaired) electrons. The third-order valence-electron chi connectivity index (χ3n) is 4.59. The molecule has 1 saturated carbocycles. The van der Waals surface area contributed by atoms with Crippen LogP contribution < -0.4 is 5.32 Å². The quantitative estimate of drug-likeness (QED) is 0.576. The first-order valence-electron chi connectivity index (χ1n) is 6.81. The Morgan fingerprint density at radius 3 is 2.36 bits per heavy atom. The van der Waals surface area contributed by atoms with Gasteiger partial charge in [-0.1, -0.05) is 0 Å². The highest BCUT2D eigenvalue weighted by atomic mass is 19.1. The SMILES string of the molecule is CC1(C)OC(=O)C2(CC23C(=O)Nc2ccc(F)cc23)C(=O)O1. The van der Waals surface area contributed by atoms with Gasteiger partial charge in [0.1, 0.15) is 11.2 Å². The molecule has 1 saturated heterocycles. The van der Waals surface area contributed by atoms with Gasteiger partial charge >= 0.3 is 11.9 Å². The zero-order valence-corrected chi connectivity index (χ0v) is 11.9. The van der Waals surface area contributed by atoms with Crippen molar-refractivity contribution >= 4 is 23.5 Å². The van der Waals surface area contributed by atoms with Crippen molar-refractivity contribution in [2.24, 2.45) is 5.41 Å². The molecule has 1 unspecified atom stereocenters. The van der Waals surface area contributed by atoms with Crippen molar-refractivity contribution in [1.82, 2.24) is 0 Å². The maximum atomic E-state index is 13.6. The van der Waals surface area contributed by atoms with Crippen molar-refractivity contribution in [3.8, 4) is 0 Å². The van der Waals surface area contributed by atoms with Gasteiger partial charge in [0.15, 0.2) is 5.41 Å². The number of cyclic esters (lactones) is 2. The summed E-state index contributed by atoms with van der Waals surface area (Å²) in [6.45, 7) is 2.88. The first-order chi connectivity index (χ1) is 10.2. The smallest absolute Gasteiger partial charge is 0.328 e. The summed E-state index contributed by atoms with van der Waals surface area (Å²) in [5, 5.41) is 2.59. The second-order valence-electron chi connectivity index (χ2n) is 6.31. The van der Waals surface area contributed by atoms with Crippen LogP contribution in [0.2, 0.25) is 0 Å². The Morgan fingerprint density at radius 1 is 1.09 bits per heavy atom. The predicted molar refractivity (Wildman–Crippen MR) is 70.0 cm³/mol. The summed E-state index contributed by atoms with van der Waals surface area (Å²) < 4.78 is 23.9. The Labute approximate surface area is 124 Å². The fourth-order valence-corrected chi connectivity index (χ4v) is 3.50. The van der Waals surface area contributed by atoms with E-state index in [9.17, 15) is 18.8 Å². The second kappa shape index (κ2) is 3.48. The van der Waals surface area contributed by atoms with E-state index in [1.54, 1.807) is 0 Å². The summed E-state index contributed by atoms with van der Waals surface area (Å²) >= 11 is 0. The third kappa shape index (κ3) is 1.27. The van der Waals surface area contributed by atoms with E-state index < -0.39 is 40.3 Å². The number of amides is 1. The fraction of sp³-hybridized carbons (Fsp3) is 0.400. The number of rotatable bonds is 0. The number of hydrogen-bond donors (Lipinski definition) is 1. The lowest BCUT2D eigenvalue weighted by molar-refractivity contribution is -0.244. The average Bonchev–Trinajstić information content (AvgIpc) is 3.03. The Hall–Kier alpha value is -2.44. The molecular weight excluding hydrogens is 293 g/mol. The summed E-state index contributed by atoms with van der Waals surface area (Å²) in [4.78, 5) is 37.2. The molecule has 4 rings (SSSR count). The van der Waals surface area contributed by atoms with Crippen LogP contribution >= 0.6 is 0 Å². The zero-order valence-electron chi connectivity index (χ0n) is 11.9. The highest BCUT2D eigenvalue weighted by Gasteiger charge is 2.86. The van der Waals surface area contributed by atoms with Crippen LogP contribution in [0, 0.1) is 11.2 Å². The van der Waals surface area contributed by atoms with Crippen molar-refractivity contribution in [2.75, 3.05) is 5.32 Å². The number of ether oxygens (including phenoxy) is 2. The molecule has 7 heteroatoms. The van der Waals surface area contributed by atoms with E-state index >= 15 is 0 Å². The van der Waals surface area contributed by atoms with Crippen molar-refractivity contribution in [3.63, 3.8) is 0 Å². The standard InChI is InChI=1S/C15H12FNO5/c1-13(2)21-11(19)15(12(20)22-13)6-14(15)8-5-7(16)3-4-9(8)17-10(14)18/h3-5H,6H2,1-2H3,(H,17,18). The molecule has 0 bridgehead atoms. The minimum atomic E-state index is -1.72. The molecule has 3 aliphatic rings. The van der Waals surface area contributed by atoms with Gasteiger partial charge in [-0.15, -0.1) is 0 Å². The molecule has 1 N–H and O–H groups in total. The van der Waals surface area contributed by atoms with Gasteiger partial charge in [-0.3, -0.25) is 14.4 Å². The molecule has 0 aromatic heterocycles. The van der Waals surface area contributed by atoms with E-state index in [4.69, 9.17) is 9.47 Å². The van der Waals surface area contributed by atoms with E-state index in [1.807, 2.05) is 0 Å². The third-order valence-corrected chi connectivity index (χ3v) is 4.59. The molecule has 1 aromatic rings. The lowest BCUT2D eigenvalue weighted by Crippen LogP contribution is -2.51. The molecule has 114 valence electrons. The van der Waals surface area contributed by atoms with Gasteiger partial charge in [-0.05, 0) is 30.2 Å². The van der Waals surface area contributed by atoms with Crippen LogP contribution in [0.3, 0.4) is 0 Å². The number of anilines is 1. The van der Waals surface area contributed by atoms with Crippen LogP contribution in [0.25, 0.3) is 0 Å². The van der Waals surface area contributed by atoms with Gasteiger partial charge in [0.25, 0.3) is 5.79 Å². The fourth-order valence-electron chi connectivity index (χ4n) is 3.50. The van der Waals surface area contributed by atoms with Crippen molar-refractivity contribution in [2.45, 2.75) is 31.5 Å². The molecule has 22 heavy (non-hydrogen) atoms. The van der Waals surface area contributed by atoms with Crippen molar-refractivity contribution < 1.29 is 28.2 Å². The van der Waals surface area contributed by atoms with Crippen LogP contribution in [0.15, 0.2) is 18.2 Å². The molecule has 2 aliphatic heterocycles. The van der Waals surface area contributed by atoms with Crippen LogP contribution in [-0.2, 0) is 29.3 Å². The van der Waals surface area contributed by atoms with Gasteiger partial charge in [0, 0.05) is 19.5 Å². The minimum Gasteiger partial charge on any atom is -0.422 e. The first kappa shape index (κ1) is 13.2. The van der Waals surface area contributed by atoms with Crippen LogP contribution in [0.1, 0.15) is 25.8 Å². The number of carbonyl (C=O) groups is 3. The van der Waals surface area contributed by atoms with Gasteiger partial charge < -0.3 is 14.8 Å². The molecule has 2 heterocycles. The number of esters is 2. The lowest BCUT2D eigenvalue weighted by Gasteiger charge is -2.34. The Bertz CT molecular complexity index is 751. The highest BCUT2D eigenvalue weighted by Crippen LogP contribution is 2.71. The Morgan fingerprint density at radius 2 is 1.73 bits per heavy atom. The maximum absolute atomic E-state index is 13.6. The Kier molecular flexibility index (Phi) is 2.09. The summed E-state index contributed by atoms with van der Waals surface area (Å²) in [7, 11) is 0. The van der Waals surface area contributed by atoms with E-state index in [0.29, 0.717) is 11.3 Å². The van der Waals surface area contributed by atoms with E-state index in [-0.39, 0.29) is 6.42 Å². The number of hydrogen-bond acceptors (Lipinski definition) is 5. The largest absolute Gasteiger partial charge is 0.422 e. The van der Waals surface area contributed by atoms with E-state index in [2.05, 4.69) is 5.32 Å². The second-order valence-corrected chi connectivity index (χ2v) is 6.31. The summed E-state index contributed by atoms with van der Waals surface area (Å²) in [5.74, 6) is -4.04. The predicted octanol–water partition coefficient (Wildman–Crippen LogP) is 1.24. The molecule has 1 aliphatic carbocycles. The number of halogens is 1.